The molecule has 0 atom stereocenters. The molecule has 2 aliphatic rings. The highest BCUT2D eigenvalue weighted by Crippen LogP contribution is 2.57. The highest BCUT2D eigenvalue weighted by atomic mass is 14.4. The third-order valence-electron chi connectivity index (χ3n) is 16.7. The number of hydrogen-bond donors (Lipinski definition) is 0. The molecular weight excluding hydrogens is 949 g/mol. The second-order valence-electron chi connectivity index (χ2n) is 21.2. The molecule has 0 saturated carbocycles. The van der Waals surface area contributed by atoms with Crippen molar-refractivity contribution < 1.29 is 0 Å². The van der Waals surface area contributed by atoms with E-state index in [2.05, 4.69) is 291 Å². The minimum Gasteiger partial charge on any atom is -0.0622 e. The number of benzene rings is 14. The van der Waals surface area contributed by atoms with Crippen LogP contribution >= 0.6 is 0 Å². The van der Waals surface area contributed by atoms with E-state index in [0.717, 1.165) is 19.3 Å². The molecule has 0 amide bonds. The Kier molecular flexibility index (Phi) is 11.5. The van der Waals surface area contributed by atoms with Gasteiger partial charge in [-0.1, -0.05) is 279 Å². The summed E-state index contributed by atoms with van der Waals surface area (Å²) in [5, 5.41) is 7.65. The molecule has 0 aromatic heterocycles. The normalized spacial score (nSPS) is 12.2. The molecule has 0 heterocycles. The lowest BCUT2D eigenvalue weighted by molar-refractivity contribution is 0.826. The smallest absolute Gasteiger partial charge is 0.00141 e. The van der Waals surface area contributed by atoms with Crippen LogP contribution in [0.5, 0.6) is 0 Å². The van der Waals surface area contributed by atoms with Crippen LogP contribution in [0.1, 0.15) is 17.5 Å². The van der Waals surface area contributed by atoms with Crippen LogP contribution < -0.4 is 0 Å². The van der Waals surface area contributed by atoms with Crippen molar-refractivity contribution in [1.82, 2.24) is 0 Å². The molecule has 0 aliphatic heterocycles. The molecule has 0 nitrogen and oxygen atoms in total. The Bertz CT molecular complexity index is 4510. The number of fused-ring (bicyclic) bond motifs is 3. The van der Waals surface area contributed by atoms with E-state index < -0.39 is 0 Å². The molecule has 0 unspecified atom stereocenters. The van der Waals surface area contributed by atoms with Crippen molar-refractivity contribution in [2.24, 2.45) is 0 Å². The van der Waals surface area contributed by atoms with Crippen molar-refractivity contribution in [3.8, 4) is 111 Å². The van der Waals surface area contributed by atoms with Crippen molar-refractivity contribution in [3.05, 3.63) is 302 Å². The van der Waals surface area contributed by atoms with Crippen LogP contribution in [-0.4, -0.2) is 0 Å². The Labute approximate surface area is 462 Å². The van der Waals surface area contributed by atoms with E-state index in [1.165, 1.54) is 155 Å². The second-order valence-corrected chi connectivity index (χ2v) is 21.2. The molecule has 0 spiro atoms. The third kappa shape index (κ3) is 7.82. The fourth-order valence-electron chi connectivity index (χ4n) is 13.6. The Balaban J connectivity index is 1.17. The zero-order valence-electron chi connectivity index (χ0n) is 43.8. The summed E-state index contributed by atoms with van der Waals surface area (Å²) >= 11 is 0. The lowest BCUT2D eigenvalue weighted by Gasteiger charge is -2.31. The largest absolute Gasteiger partial charge is 0.0622 e. The molecule has 0 fully saturated rings. The van der Waals surface area contributed by atoms with Gasteiger partial charge in [-0.05, 0) is 186 Å². The van der Waals surface area contributed by atoms with E-state index in [0.29, 0.717) is 0 Å². The Hall–Kier alpha value is -9.88. The first kappa shape index (κ1) is 46.4. The summed E-state index contributed by atoms with van der Waals surface area (Å²) in [7, 11) is 0. The minimum atomic E-state index is 0.817. The monoisotopic (exact) mass is 1000 g/mol. The summed E-state index contributed by atoms with van der Waals surface area (Å²) < 4.78 is 0. The van der Waals surface area contributed by atoms with Crippen LogP contribution in [0.3, 0.4) is 0 Å². The molecule has 370 valence electrons. The van der Waals surface area contributed by atoms with Crippen molar-refractivity contribution in [2.45, 2.75) is 19.3 Å². The molecule has 14 aromatic carbocycles. The van der Waals surface area contributed by atoms with Crippen molar-refractivity contribution in [3.63, 3.8) is 0 Å². The first-order valence-electron chi connectivity index (χ1n) is 27.9. The fourth-order valence-corrected chi connectivity index (χ4v) is 13.6. The van der Waals surface area contributed by atoms with Gasteiger partial charge in [-0.25, -0.2) is 0 Å². The first-order valence-corrected chi connectivity index (χ1v) is 27.9. The van der Waals surface area contributed by atoms with Crippen LogP contribution in [0.4, 0.5) is 0 Å². The molecule has 2 aliphatic carbocycles. The molecule has 16 rings (SSSR count). The van der Waals surface area contributed by atoms with E-state index in [1.54, 1.807) is 0 Å². The quantitative estimate of drug-likeness (QED) is 0.133. The Morgan fingerprint density at radius 2 is 0.456 bits per heavy atom. The number of hydrogen-bond acceptors (Lipinski definition) is 0. The Morgan fingerprint density at radius 1 is 0.190 bits per heavy atom. The van der Waals surface area contributed by atoms with Gasteiger partial charge in [0.2, 0.25) is 0 Å². The average Bonchev–Trinajstić information content (AvgIpc) is 3.64. The summed E-state index contributed by atoms with van der Waals surface area (Å²) in [4.78, 5) is 0. The molecule has 7 bridgehead atoms. The zero-order valence-corrected chi connectivity index (χ0v) is 43.8. The standard InChI is InChI=1S/C79H54/c1-9-26-52(27-10-1)70-66-42-25-43-67-71(53-28-11-2-12-29-53)74(55-32-15-4-16-33-55)77(58-38-21-7-22-39-58)78(59-40-23-8-24-41-59)79(67)65-48-46-60-44-45-61-50-63(51-62-47-49-64(65)69(60)68(61)62)72(66)75(56-34-17-5-18-35-56)76(57-36-19-6-20-37-57)73(70)54-30-13-3-14-31-54/h1-24,26-41,44-51H,25,42-43H2. The van der Waals surface area contributed by atoms with Gasteiger partial charge in [-0.2, -0.15) is 0 Å². The van der Waals surface area contributed by atoms with Gasteiger partial charge in [-0.15, -0.1) is 0 Å². The second kappa shape index (κ2) is 19.6. The van der Waals surface area contributed by atoms with Gasteiger partial charge in [0.25, 0.3) is 0 Å². The van der Waals surface area contributed by atoms with Gasteiger partial charge in [0, 0.05) is 0 Å². The topological polar surface area (TPSA) is 0 Å². The van der Waals surface area contributed by atoms with Crippen molar-refractivity contribution in [1.29, 1.82) is 0 Å². The molecule has 79 heavy (non-hydrogen) atoms. The van der Waals surface area contributed by atoms with Crippen molar-refractivity contribution in [2.75, 3.05) is 0 Å². The van der Waals surface area contributed by atoms with Gasteiger partial charge >= 0.3 is 0 Å². The molecule has 0 saturated heterocycles. The van der Waals surface area contributed by atoms with Crippen LogP contribution in [0.15, 0.2) is 291 Å². The van der Waals surface area contributed by atoms with E-state index in [9.17, 15) is 0 Å². The summed E-state index contributed by atoms with van der Waals surface area (Å²) in [6.45, 7) is 0. The lowest BCUT2D eigenvalue weighted by Crippen LogP contribution is -2.08. The molecule has 0 N–H and O–H groups in total. The van der Waals surface area contributed by atoms with Crippen LogP contribution in [0.25, 0.3) is 144 Å². The van der Waals surface area contributed by atoms with Crippen LogP contribution in [0.2, 0.25) is 0 Å². The summed E-state index contributed by atoms with van der Waals surface area (Å²) in [5.74, 6) is 0. The maximum Gasteiger partial charge on any atom is -0.00141 e. The van der Waals surface area contributed by atoms with Gasteiger partial charge in [0.15, 0.2) is 0 Å². The lowest BCUT2D eigenvalue weighted by atomic mass is 9.72. The summed E-state index contributed by atoms with van der Waals surface area (Å²) in [6.07, 6.45) is 2.52. The van der Waals surface area contributed by atoms with Crippen LogP contribution in [0, 0.1) is 0 Å². The Morgan fingerprint density at radius 3 is 0.823 bits per heavy atom. The van der Waals surface area contributed by atoms with Gasteiger partial charge in [-0.3, -0.25) is 0 Å². The van der Waals surface area contributed by atoms with Gasteiger partial charge < -0.3 is 0 Å². The minimum absolute atomic E-state index is 0.817. The third-order valence-corrected chi connectivity index (χ3v) is 16.7. The van der Waals surface area contributed by atoms with Crippen LogP contribution in [-0.2, 0) is 12.8 Å². The van der Waals surface area contributed by atoms with E-state index >= 15 is 0 Å². The summed E-state index contributed by atoms with van der Waals surface area (Å²) in [6, 6.07) is 109. The predicted octanol–water partition coefficient (Wildman–Crippen LogP) is 21.7. The molecule has 0 heteroatoms. The van der Waals surface area contributed by atoms with Gasteiger partial charge in [0.1, 0.15) is 0 Å². The average molecular weight is 1000 g/mol. The summed E-state index contributed by atoms with van der Waals surface area (Å²) in [5.41, 5.74) is 27.6. The zero-order chi connectivity index (χ0) is 52.2. The predicted molar refractivity (Wildman–Crippen MR) is 337 cm³/mol. The highest BCUT2D eigenvalue weighted by molar-refractivity contribution is 6.28. The van der Waals surface area contributed by atoms with Crippen molar-refractivity contribution >= 4 is 32.3 Å². The van der Waals surface area contributed by atoms with E-state index in [1.807, 2.05) is 0 Å². The van der Waals surface area contributed by atoms with Gasteiger partial charge in [0.05, 0.1) is 0 Å². The number of rotatable bonds is 8. The molecular formula is C79H54. The fraction of sp³-hybridized carbons (Fsp3) is 0.0380. The van der Waals surface area contributed by atoms with E-state index in [-0.39, 0.29) is 0 Å². The maximum atomic E-state index is 2.52. The first-order chi connectivity index (χ1) is 39.3. The SMILES string of the molecule is c1ccc(-c2c3c(c(-c4ccccc4)c(-c4ccccc4)c2-c2ccccc2)-c2cc4ccc5ccc(c6ccc(c2)c4c56)-c2c(c(-c4ccccc4)c(-c4ccccc4)c(-c4ccccc4)c2-c2ccccc2)CCC3)cc1. The molecule has 0 radical (unpaired) electrons. The maximum absolute atomic E-state index is 2.52. The highest BCUT2D eigenvalue weighted by Gasteiger charge is 2.32. The van der Waals surface area contributed by atoms with E-state index in [4.69, 9.17) is 0 Å². The molecule has 14 aromatic rings.